The van der Waals surface area contributed by atoms with E-state index in [-0.39, 0.29) is 11.5 Å². The number of carbonyl (C=O) groups is 1. The van der Waals surface area contributed by atoms with Crippen molar-refractivity contribution in [2.24, 2.45) is 0 Å². The van der Waals surface area contributed by atoms with E-state index >= 15 is 0 Å². The van der Waals surface area contributed by atoms with Gasteiger partial charge in [-0.25, -0.2) is 0 Å². The molecule has 2 rings (SSSR count). The van der Waals surface area contributed by atoms with Gasteiger partial charge in [0.2, 0.25) is 0 Å². The zero-order valence-electron chi connectivity index (χ0n) is 7.84. The lowest BCUT2D eigenvalue weighted by molar-refractivity contribution is -0.137. The number of benzene rings is 1. The van der Waals surface area contributed by atoms with E-state index in [1.165, 1.54) is 0 Å². The summed E-state index contributed by atoms with van der Waals surface area (Å²) in [4.78, 5) is 10.5. The molecular formula is C11H9F3O. The van der Waals surface area contributed by atoms with Crippen molar-refractivity contribution in [3.05, 3.63) is 34.9 Å². The summed E-state index contributed by atoms with van der Waals surface area (Å²) in [5, 5.41) is 0. The average Bonchev–Trinajstić information content (AvgIpc) is 2.99. The molecule has 0 aromatic heterocycles. The second-order valence-electron chi connectivity index (χ2n) is 3.78. The Balaban J connectivity index is 2.45. The Morgan fingerprint density at radius 3 is 2.33 bits per heavy atom. The van der Waals surface area contributed by atoms with Gasteiger partial charge in [-0.3, -0.25) is 4.79 Å². The van der Waals surface area contributed by atoms with Crippen molar-refractivity contribution in [3.8, 4) is 0 Å². The van der Waals surface area contributed by atoms with Crippen LogP contribution in [0.15, 0.2) is 18.2 Å². The molecule has 1 saturated carbocycles. The van der Waals surface area contributed by atoms with Gasteiger partial charge in [-0.1, -0.05) is 0 Å². The topological polar surface area (TPSA) is 17.1 Å². The van der Waals surface area contributed by atoms with Crippen LogP contribution in [-0.2, 0) is 6.18 Å². The summed E-state index contributed by atoms with van der Waals surface area (Å²) in [6, 6.07) is 3.57. The van der Waals surface area contributed by atoms with Crippen LogP contribution < -0.4 is 0 Å². The second kappa shape index (κ2) is 3.36. The lowest BCUT2D eigenvalue weighted by Crippen LogP contribution is -2.06. The largest absolute Gasteiger partial charge is 0.416 e. The predicted octanol–water partition coefficient (Wildman–Crippen LogP) is 3.40. The van der Waals surface area contributed by atoms with Crippen molar-refractivity contribution in [3.63, 3.8) is 0 Å². The molecule has 0 spiro atoms. The summed E-state index contributed by atoms with van der Waals surface area (Å²) >= 11 is 0. The molecule has 0 radical (unpaired) electrons. The SMILES string of the molecule is O=Cc1cc(C2CC2)cc(C(F)(F)F)c1. The Morgan fingerprint density at radius 2 is 1.87 bits per heavy atom. The zero-order valence-corrected chi connectivity index (χ0v) is 7.84. The van der Waals surface area contributed by atoms with Gasteiger partial charge in [0.25, 0.3) is 0 Å². The molecular weight excluding hydrogens is 205 g/mol. The molecule has 4 heteroatoms. The molecule has 0 heterocycles. The molecule has 0 bridgehead atoms. The first kappa shape index (κ1) is 10.2. The number of hydrogen-bond donors (Lipinski definition) is 0. The molecule has 0 atom stereocenters. The first-order valence-electron chi connectivity index (χ1n) is 4.68. The van der Waals surface area contributed by atoms with Gasteiger partial charge in [0, 0.05) is 5.56 Å². The van der Waals surface area contributed by atoms with E-state index in [1.807, 2.05) is 0 Å². The van der Waals surface area contributed by atoms with Crippen molar-refractivity contribution in [1.82, 2.24) is 0 Å². The van der Waals surface area contributed by atoms with Gasteiger partial charge in [-0.05, 0) is 42.5 Å². The third-order valence-corrected chi connectivity index (χ3v) is 2.49. The van der Waals surface area contributed by atoms with Crippen LogP contribution in [-0.4, -0.2) is 6.29 Å². The highest BCUT2D eigenvalue weighted by Crippen LogP contribution is 2.42. The van der Waals surface area contributed by atoms with E-state index in [2.05, 4.69) is 0 Å². The fourth-order valence-corrected chi connectivity index (χ4v) is 1.56. The zero-order chi connectivity index (χ0) is 11.1. The fourth-order valence-electron chi connectivity index (χ4n) is 1.56. The molecule has 1 nitrogen and oxygen atoms in total. The minimum atomic E-state index is -4.37. The predicted molar refractivity (Wildman–Crippen MR) is 48.8 cm³/mol. The quantitative estimate of drug-likeness (QED) is 0.689. The number of halogens is 3. The van der Waals surface area contributed by atoms with Gasteiger partial charge in [0.1, 0.15) is 6.29 Å². The summed E-state index contributed by atoms with van der Waals surface area (Å²) in [6.45, 7) is 0. The molecule has 0 unspecified atom stereocenters. The molecule has 1 aliphatic carbocycles. The van der Waals surface area contributed by atoms with Crippen molar-refractivity contribution >= 4 is 6.29 Å². The number of alkyl halides is 3. The van der Waals surface area contributed by atoms with Gasteiger partial charge >= 0.3 is 6.18 Å². The molecule has 80 valence electrons. The standard InChI is InChI=1S/C11H9F3O/c12-11(13,14)10-4-7(6-15)3-9(5-10)8-1-2-8/h3-6,8H,1-2H2. The third kappa shape index (κ3) is 2.19. The Bertz CT molecular complexity index is 391. The highest BCUT2D eigenvalue weighted by molar-refractivity contribution is 5.75. The maximum atomic E-state index is 12.5. The third-order valence-electron chi connectivity index (χ3n) is 2.49. The summed E-state index contributed by atoms with van der Waals surface area (Å²) < 4.78 is 37.4. The van der Waals surface area contributed by atoms with Crippen LogP contribution in [0.25, 0.3) is 0 Å². The van der Waals surface area contributed by atoms with E-state index in [0.29, 0.717) is 11.8 Å². The van der Waals surface area contributed by atoms with Crippen LogP contribution in [0.5, 0.6) is 0 Å². The number of hydrogen-bond acceptors (Lipinski definition) is 1. The minimum absolute atomic E-state index is 0.103. The maximum absolute atomic E-state index is 12.5. The van der Waals surface area contributed by atoms with Crippen molar-refractivity contribution in [2.75, 3.05) is 0 Å². The fraction of sp³-hybridized carbons (Fsp3) is 0.364. The lowest BCUT2D eigenvalue weighted by Gasteiger charge is -2.09. The Morgan fingerprint density at radius 1 is 1.20 bits per heavy atom. The van der Waals surface area contributed by atoms with Crippen molar-refractivity contribution in [2.45, 2.75) is 24.9 Å². The van der Waals surface area contributed by atoms with Crippen LogP contribution in [0.2, 0.25) is 0 Å². The van der Waals surface area contributed by atoms with E-state index in [9.17, 15) is 18.0 Å². The van der Waals surface area contributed by atoms with E-state index in [4.69, 9.17) is 0 Å². The Hall–Kier alpha value is -1.32. The normalized spacial score (nSPS) is 16.5. The van der Waals surface area contributed by atoms with Crippen molar-refractivity contribution < 1.29 is 18.0 Å². The lowest BCUT2D eigenvalue weighted by atomic mass is 10.0. The van der Waals surface area contributed by atoms with Crippen LogP contribution in [0.3, 0.4) is 0 Å². The highest BCUT2D eigenvalue weighted by atomic mass is 19.4. The molecule has 15 heavy (non-hydrogen) atoms. The average molecular weight is 214 g/mol. The molecule has 1 aliphatic rings. The van der Waals surface area contributed by atoms with Gasteiger partial charge in [0.05, 0.1) is 5.56 Å². The highest BCUT2D eigenvalue weighted by Gasteiger charge is 2.33. The van der Waals surface area contributed by atoms with Gasteiger partial charge in [-0.2, -0.15) is 13.2 Å². The summed E-state index contributed by atoms with van der Waals surface area (Å²) in [5.74, 6) is 0.214. The van der Waals surface area contributed by atoms with Crippen molar-refractivity contribution in [1.29, 1.82) is 0 Å². The van der Waals surface area contributed by atoms with E-state index in [1.54, 1.807) is 6.07 Å². The molecule has 1 aromatic carbocycles. The molecule has 0 aliphatic heterocycles. The number of carbonyl (C=O) groups excluding carboxylic acids is 1. The summed E-state index contributed by atoms with van der Waals surface area (Å²) in [7, 11) is 0. The number of rotatable bonds is 2. The first-order valence-corrected chi connectivity index (χ1v) is 4.68. The van der Waals surface area contributed by atoms with Crippen LogP contribution in [0, 0.1) is 0 Å². The molecule has 1 fully saturated rings. The minimum Gasteiger partial charge on any atom is -0.298 e. The van der Waals surface area contributed by atoms with Gasteiger partial charge in [0.15, 0.2) is 0 Å². The van der Waals surface area contributed by atoms with Crippen LogP contribution in [0.1, 0.15) is 40.2 Å². The first-order chi connectivity index (χ1) is 7.00. The van der Waals surface area contributed by atoms with E-state index < -0.39 is 11.7 Å². The maximum Gasteiger partial charge on any atom is 0.416 e. The summed E-state index contributed by atoms with van der Waals surface area (Å²) in [5.41, 5.74) is 0.00708. The van der Waals surface area contributed by atoms with E-state index in [0.717, 1.165) is 25.0 Å². The summed E-state index contributed by atoms with van der Waals surface area (Å²) in [6.07, 6.45) is -2.08. The smallest absolute Gasteiger partial charge is 0.298 e. The molecule has 0 saturated heterocycles. The molecule has 0 amide bonds. The Labute approximate surface area is 84.9 Å². The molecule has 0 N–H and O–H groups in total. The monoisotopic (exact) mass is 214 g/mol. The van der Waals surface area contributed by atoms with Gasteiger partial charge in [-0.15, -0.1) is 0 Å². The van der Waals surface area contributed by atoms with Crippen LogP contribution >= 0.6 is 0 Å². The van der Waals surface area contributed by atoms with Gasteiger partial charge < -0.3 is 0 Å². The van der Waals surface area contributed by atoms with Crippen LogP contribution in [0.4, 0.5) is 13.2 Å². The molecule has 1 aromatic rings. The number of aldehydes is 1. The second-order valence-corrected chi connectivity index (χ2v) is 3.78. The Kier molecular flexibility index (Phi) is 2.29.